The van der Waals surface area contributed by atoms with Gasteiger partial charge in [0.2, 0.25) is 11.8 Å². The van der Waals surface area contributed by atoms with Gasteiger partial charge in [-0.05, 0) is 30.7 Å². The quantitative estimate of drug-likeness (QED) is 0.549. The van der Waals surface area contributed by atoms with E-state index >= 15 is 0 Å². The Morgan fingerprint density at radius 2 is 1.90 bits per heavy atom. The number of hydrogen-bond donors (Lipinski definition) is 3. The maximum absolute atomic E-state index is 12.3. The third-order valence-corrected chi connectivity index (χ3v) is 5.05. The van der Waals surface area contributed by atoms with E-state index in [1.54, 1.807) is 30.6 Å². The second-order valence-electron chi connectivity index (χ2n) is 7.69. The van der Waals surface area contributed by atoms with Gasteiger partial charge < -0.3 is 15.5 Å². The van der Waals surface area contributed by atoms with Crippen LogP contribution in [0.5, 0.6) is 0 Å². The van der Waals surface area contributed by atoms with Crippen molar-refractivity contribution in [2.75, 3.05) is 10.6 Å². The summed E-state index contributed by atoms with van der Waals surface area (Å²) in [6, 6.07) is 4.40. The molecule has 0 aliphatic carbocycles. The first kappa shape index (κ1) is 21.3. The second kappa shape index (κ2) is 8.50. The van der Waals surface area contributed by atoms with Crippen LogP contribution >= 0.6 is 11.3 Å². The van der Waals surface area contributed by atoms with Crippen LogP contribution in [-0.2, 0) is 5.41 Å². The molecule has 3 amide bonds. The number of aryl methyl sites for hydroxylation is 1. The summed E-state index contributed by atoms with van der Waals surface area (Å²) in [5.41, 5.74) is 6.80. The van der Waals surface area contributed by atoms with Gasteiger partial charge in [0.15, 0.2) is 5.13 Å². The predicted molar refractivity (Wildman–Crippen MR) is 119 cm³/mol. The summed E-state index contributed by atoms with van der Waals surface area (Å²) >= 11 is 1.30. The molecule has 9 heteroatoms. The lowest BCUT2D eigenvalue weighted by molar-refractivity contribution is 0.1000. The molecule has 0 saturated carbocycles. The molecule has 0 fully saturated rings. The zero-order chi connectivity index (χ0) is 21.9. The van der Waals surface area contributed by atoms with Crippen LogP contribution in [0.15, 0.2) is 35.0 Å². The zero-order valence-corrected chi connectivity index (χ0v) is 18.0. The molecule has 0 aliphatic rings. The van der Waals surface area contributed by atoms with E-state index in [1.165, 1.54) is 17.4 Å². The minimum Gasteiger partial charge on any atom is -0.441 e. The number of nitrogens with zero attached hydrogens (tertiary/aromatic N) is 2. The highest BCUT2D eigenvalue weighted by atomic mass is 32.1. The molecule has 0 bridgehead atoms. The van der Waals surface area contributed by atoms with Gasteiger partial charge in [0, 0.05) is 33.8 Å². The van der Waals surface area contributed by atoms with Crippen LogP contribution in [0, 0.1) is 6.92 Å². The Bertz CT molecular complexity index is 1110. The molecule has 0 atom stereocenters. The summed E-state index contributed by atoms with van der Waals surface area (Å²) in [4.78, 5) is 32.9. The van der Waals surface area contributed by atoms with Gasteiger partial charge in [-0.2, -0.15) is 0 Å². The number of benzene rings is 1. The lowest BCUT2D eigenvalue weighted by Gasteiger charge is -2.12. The van der Waals surface area contributed by atoms with Crippen molar-refractivity contribution in [3.05, 3.63) is 58.2 Å². The molecule has 2 aromatic heterocycles. The first-order valence-electron chi connectivity index (χ1n) is 9.20. The molecule has 2 heterocycles. The second-order valence-corrected chi connectivity index (χ2v) is 8.75. The summed E-state index contributed by atoms with van der Waals surface area (Å²) in [7, 11) is 0. The molecule has 0 radical (unpaired) electrons. The van der Waals surface area contributed by atoms with Crippen LogP contribution in [0.2, 0.25) is 0 Å². The molecule has 0 saturated heterocycles. The summed E-state index contributed by atoms with van der Waals surface area (Å²) in [6.45, 7) is 7.98. The van der Waals surface area contributed by atoms with Crippen molar-refractivity contribution in [2.24, 2.45) is 5.73 Å². The fourth-order valence-corrected chi connectivity index (χ4v) is 3.16. The number of rotatable bonds is 5. The number of oxazole rings is 1. The standard InChI is InChI=1S/C21H23N5O3S/c1-12-5-6-13(18(22)27)9-15(12)25-19(28)26-20-24-10-14(30-20)7-8-17-23-11-16(29-17)21(2,3)4/h5-11H,1-4H3,(H2,22,27)(H2,24,25,26,28)/b8-7+. The van der Waals surface area contributed by atoms with Gasteiger partial charge in [-0.25, -0.2) is 14.8 Å². The number of carbonyl (C=O) groups excluding carboxylic acids is 2. The third kappa shape index (κ3) is 5.32. The highest BCUT2D eigenvalue weighted by molar-refractivity contribution is 7.16. The molecular weight excluding hydrogens is 402 g/mol. The van der Waals surface area contributed by atoms with Gasteiger partial charge in [-0.3, -0.25) is 10.1 Å². The van der Waals surface area contributed by atoms with Gasteiger partial charge in [-0.15, -0.1) is 0 Å². The monoisotopic (exact) mass is 425 g/mol. The lowest BCUT2D eigenvalue weighted by atomic mass is 9.94. The molecule has 0 unspecified atom stereocenters. The lowest BCUT2D eigenvalue weighted by Crippen LogP contribution is -2.20. The van der Waals surface area contributed by atoms with E-state index in [9.17, 15) is 9.59 Å². The number of nitrogens with two attached hydrogens (primary N) is 1. The van der Waals surface area contributed by atoms with Crippen LogP contribution in [0.25, 0.3) is 12.2 Å². The van der Waals surface area contributed by atoms with Crippen molar-refractivity contribution in [1.82, 2.24) is 9.97 Å². The van der Waals surface area contributed by atoms with E-state index in [-0.39, 0.29) is 5.41 Å². The average molecular weight is 426 g/mol. The van der Waals surface area contributed by atoms with Crippen molar-refractivity contribution >= 4 is 46.2 Å². The first-order valence-corrected chi connectivity index (χ1v) is 10.0. The van der Waals surface area contributed by atoms with E-state index in [0.717, 1.165) is 16.2 Å². The Labute approximate surface area is 178 Å². The minimum absolute atomic E-state index is 0.108. The summed E-state index contributed by atoms with van der Waals surface area (Å²) in [6.07, 6.45) is 6.94. The topological polar surface area (TPSA) is 123 Å². The molecule has 4 N–H and O–H groups in total. The summed E-state index contributed by atoms with van der Waals surface area (Å²) in [5, 5.41) is 5.81. The molecule has 30 heavy (non-hydrogen) atoms. The van der Waals surface area contributed by atoms with E-state index in [2.05, 4.69) is 41.4 Å². The highest BCUT2D eigenvalue weighted by Crippen LogP contribution is 2.25. The average Bonchev–Trinajstić information content (AvgIpc) is 3.30. The predicted octanol–water partition coefficient (Wildman–Crippen LogP) is 4.65. The van der Waals surface area contributed by atoms with Crippen LogP contribution in [0.3, 0.4) is 0 Å². The maximum Gasteiger partial charge on any atom is 0.325 e. The van der Waals surface area contributed by atoms with E-state index in [1.807, 2.05) is 13.0 Å². The van der Waals surface area contributed by atoms with Gasteiger partial charge in [0.25, 0.3) is 0 Å². The van der Waals surface area contributed by atoms with Crippen molar-refractivity contribution in [3.8, 4) is 0 Å². The highest BCUT2D eigenvalue weighted by Gasteiger charge is 2.18. The van der Waals surface area contributed by atoms with Crippen molar-refractivity contribution in [3.63, 3.8) is 0 Å². The van der Waals surface area contributed by atoms with Gasteiger partial charge >= 0.3 is 6.03 Å². The zero-order valence-electron chi connectivity index (χ0n) is 17.1. The van der Waals surface area contributed by atoms with Crippen LogP contribution in [-0.4, -0.2) is 21.9 Å². The number of anilines is 2. The SMILES string of the molecule is Cc1ccc(C(N)=O)cc1NC(=O)Nc1ncc(/C=C/c2ncc(C(C)(C)C)o2)s1. The smallest absolute Gasteiger partial charge is 0.325 e. The Morgan fingerprint density at radius 1 is 1.13 bits per heavy atom. The fourth-order valence-electron chi connectivity index (χ4n) is 2.45. The van der Waals surface area contributed by atoms with Crippen LogP contribution < -0.4 is 16.4 Å². The van der Waals surface area contributed by atoms with Gasteiger partial charge in [0.1, 0.15) is 5.76 Å². The fraction of sp³-hybridized carbons (Fsp3) is 0.238. The molecule has 156 valence electrons. The normalized spacial score (nSPS) is 11.6. The van der Waals surface area contributed by atoms with Gasteiger partial charge in [0.05, 0.1) is 6.20 Å². The Hall–Kier alpha value is -3.46. The third-order valence-electron chi connectivity index (χ3n) is 4.17. The summed E-state index contributed by atoms with van der Waals surface area (Å²) < 4.78 is 5.72. The van der Waals surface area contributed by atoms with Crippen molar-refractivity contribution in [2.45, 2.75) is 33.1 Å². The Morgan fingerprint density at radius 3 is 2.57 bits per heavy atom. The molecule has 3 aromatic rings. The van der Waals surface area contributed by atoms with E-state index < -0.39 is 11.9 Å². The van der Waals surface area contributed by atoms with E-state index in [4.69, 9.17) is 10.2 Å². The largest absolute Gasteiger partial charge is 0.441 e. The first-order chi connectivity index (χ1) is 14.1. The Balaban J connectivity index is 1.63. The minimum atomic E-state index is -0.560. The number of thiazole rings is 1. The number of aromatic nitrogens is 2. The van der Waals surface area contributed by atoms with Gasteiger partial charge in [-0.1, -0.05) is 38.2 Å². The molecular formula is C21H23N5O3S. The number of carbonyl (C=O) groups is 2. The molecule has 0 aliphatic heterocycles. The number of amides is 3. The molecule has 8 nitrogen and oxygen atoms in total. The number of hydrogen-bond acceptors (Lipinski definition) is 6. The summed E-state index contributed by atoms with van der Waals surface area (Å²) in [5.74, 6) is 0.752. The van der Waals surface area contributed by atoms with Crippen molar-refractivity contribution in [1.29, 1.82) is 0 Å². The van der Waals surface area contributed by atoms with E-state index in [0.29, 0.717) is 22.3 Å². The molecule has 0 spiro atoms. The molecule has 3 rings (SSSR count). The van der Waals surface area contributed by atoms with Crippen LogP contribution in [0.4, 0.5) is 15.6 Å². The number of primary amides is 1. The Kier molecular flexibility index (Phi) is 6.02. The number of urea groups is 1. The molecule has 1 aromatic carbocycles. The number of nitrogens with one attached hydrogen (secondary N) is 2. The van der Waals surface area contributed by atoms with Crippen LogP contribution in [0.1, 0.15) is 53.2 Å². The van der Waals surface area contributed by atoms with Crippen molar-refractivity contribution < 1.29 is 14.0 Å². The maximum atomic E-state index is 12.3.